The predicted octanol–water partition coefficient (Wildman–Crippen LogP) is 5.47. The van der Waals surface area contributed by atoms with Crippen molar-refractivity contribution in [1.82, 2.24) is 0 Å². The highest BCUT2D eigenvalue weighted by Gasteiger charge is 2.17. The molecule has 0 aliphatic rings. The Hall–Kier alpha value is 0.272. The molecule has 0 aromatic rings. The zero-order valence-electron chi connectivity index (χ0n) is 12.3. The van der Waals surface area contributed by atoms with Crippen molar-refractivity contribution in [3.8, 4) is 0 Å². The van der Waals surface area contributed by atoms with Gasteiger partial charge in [-0.2, -0.15) is 0 Å². The van der Waals surface area contributed by atoms with E-state index in [1.165, 1.54) is 29.8 Å². The van der Waals surface area contributed by atoms with Crippen molar-refractivity contribution in [3.63, 3.8) is 0 Å². The Morgan fingerprint density at radius 3 is 1.94 bits per heavy atom. The fourth-order valence-corrected chi connectivity index (χ4v) is 6.24. The highest BCUT2D eigenvalue weighted by atomic mass is 27.2. The van der Waals surface area contributed by atoms with Crippen LogP contribution in [0.25, 0.3) is 0 Å². The van der Waals surface area contributed by atoms with Gasteiger partial charge in [0.15, 0.2) is 0 Å². The summed E-state index contributed by atoms with van der Waals surface area (Å²) in [7, 11) is 0. The molecule has 0 saturated carbocycles. The number of hydrogen-bond acceptors (Lipinski definition) is 0. The Kier molecular flexibility index (Phi) is 9.48. The maximum Gasteiger partial charge on any atom is 0.295 e. The summed E-state index contributed by atoms with van der Waals surface area (Å²) in [6, 6.07) is 0. The molecule has 0 radical (unpaired) electrons. The molecule has 0 aliphatic carbocycles. The minimum absolute atomic E-state index is 0.612. The van der Waals surface area contributed by atoms with Crippen LogP contribution in [0.4, 0.5) is 0 Å². The van der Waals surface area contributed by atoms with E-state index in [0.29, 0.717) is 0 Å². The second-order valence-electron chi connectivity index (χ2n) is 6.14. The molecule has 0 fully saturated rings. The summed E-state index contributed by atoms with van der Waals surface area (Å²) in [6.07, 6.45) is 4.02. The van der Waals surface area contributed by atoms with Gasteiger partial charge in [-0.1, -0.05) is 69.0 Å². The zero-order chi connectivity index (χ0) is 12.6. The maximum absolute atomic E-state index is 2.69. The second kappa shape index (κ2) is 9.32. The highest BCUT2D eigenvalue weighted by Crippen LogP contribution is 2.18. The van der Waals surface area contributed by atoms with Crippen molar-refractivity contribution in [3.05, 3.63) is 10.5 Å². The number of rotatable bonds is 8. The van der Waals surface area contributed by atoms with E-state index in [-0.39, 0.29) is 0 Å². The molecule has 0 amide bonds. The van der Waals surface area contributed by atoms with Crippen molar-refractivity contribution in [2.75, 3.05) is 0 Å². The molecule has 1 heteroatoms. The molecule has 0 bridgehead atoms. The van der Waals surface area contributed by atoms with Crippen molar-refractivity contribution < 1.29 is 0 Å². The molecular weight excluding hydrogens is 207 g/mol. The third kappa shape index (κ3) is 9.50. The van der Waals surface area contributed by atoms with E-state index >= 15 is 0 Å². The van der Waals surface area contributed by atoms with E-state index in [1.54, 1.807) is 5.57 Å². The lowest BCUT2D eigenvalue weighted by Gasteiger charge is -2.14. The molecule has 0 aromatic carbocycles. The quantitative estimate of drug-likeness (QED) is 0.492. The molecule has 0 atom stereocenters. The Morgan fingerprint density at radius 1 is 1.06 bits per heavy atom. The maximum atomic E-state index is 2.69. The summed E-state index contributed by atoms with van der Waals surface area (Å²) in [5.74, 6) is 1.76. The third-order valence-corrected chi connectivity index (χ3v) is 7.13. The SMILES string of the molecule is CCCC/C(C)=[CH]/[Al]([CH2]C(C)C)[CH2]C(C)C. The van der Waals surface area contributed by atoms with Crippen LogP contribution in [0.15, 0.2) is 10.5 Å². The van der Waals surface area contributed by atoms with Gasteiger partial charge in [0.2, 0.25) is 0 Å². The zero-order valence-corrected chi connectivity index (χ0v) is 13.5. The van der Waals surface area contributed by atoms with Crippen LogP contribution in [-0.4, -0.2) is 14.1 Å². The van der Waals surface area contributed by atoms with Crippen LogP contribution in [0.3, 0.4) is 0 Å². The van der Waals surface area contributed by atoms with E-state index < -0.39 is 14.1 Å². The highest BCUT2D eigenvalue weighted by molar-refractivity contribution is 6.64. The number of unbranched alkanes of at least 4 members (excludes halogenated alkanes) is 1. The fraction of sp³-hybridized carbons (Fsp3) is 0.867. The first-order valence-corrected chi connectivity index (χ1v) is 9.42. The molecule has 0 rings (SSSR count). The van der Waals surface area contributed by atoms with Crippen LogP contribution in [-0.2, 0) is 0 Å². The molecule has 0 saturated heterocycles. The van der Waals surface area contributed by atoms with Crippen LogP contribution in [0.2, 0.25) is 10.6 Å². The van der Waals surface area contributed by atoms with Crippen molar-refractivity contribution in [2.24, 2.45) is 11.8 Å². The normalized spacial score (nSPS) is 12.6. The summed E-state index contributed by atoms with van der Waals surface area (Å²) >= 11 is -0.612. The van der Waals surface area contributed by atoms with Gasteiger partial charge in [0, 0.05) is 0 Å². The average Bonchev–Trinajstić information content (AvgIpc) is 2.12. The smallest absolute Gasteiger partial charge is 0.145 e. The van der Waals surface area contributed by atoms with Crippen LogP contribution in [0.5, 0.6) is 0 Å². The van der Waals surface area contributed by atoms with Crippen molar-refractivity contribution in [1.29, 1.82) is 0 Å². The Labute approximate surface area is 108 Å². The summed E-state index contributed by atoms with van der Waals surface area (Å²) in [4.78, 5) is 2.69. The van der Waals surface area contributed by atoms with E-state index in [2.05, 4.69) is 46.5 Å². The average molecular weight is 238 g/mol. The fourth-order valence-electron chi connectivity index (χ4n) is 2.38. The van der Waals surface area contributed by atoms with Gasteiger partial charge < -0.3 is 0 Å². The molecule has 0 heterocycles. The van der Waals surface area contributed by atoms with E-state index in [1.807, 2.05) is 0 Å². The molecule has 0 unspecified atom stereocenters. The minimum atomic E-state index is -0.612. The Morgan fingerprint density at radius 2 is 1.56 bits per heavy atom. The molecule has 16 heavy (non-hydrogen) atoms. The van der Waals surface area contributed by atoms with Crippen molar-refractivity contribution in [2.45, 2.75) is 71.4 Å². The first kappa shape index (κ1) is 16.3. The van der Waals surface area contributed by atoms with Gasteiger partial charge in [0.1, 0.15) is 0 Å². The van der Waals surface area contributed by atoms with Crippen LogP contribution >= 0.6 is 0 Å². The topological polar surface area (TPSA) is 0 Å². The summed E-state index contributed by atoms with van der Waals surface area (Å²) < 4.78 is 0. The molecule has 0 nitrogen and oxygen atoms in total. The largest absolute Gasteiger partial charge is 0.295 e. The van der Waals surface area contributed by atoms with E-state index in [0.717, 1.165) is 11.8 Å². The molecule has 94 valence electrons. The standard InChI is InChI=1S/C7H13.2C4H9.Al/c1-4-5-6-7(2)3;2*1-4(2)3;/h2H,4-6H2,1,3H3;2*4H,1H2,2-3H3;. The molecule has 0 aliphatic heterocycles. The Bertz CT molecular complexity index is 182. The summed E-state index contributed by atoms with van der Waals surface area (Å²) in [6.45, 7) is 14.1. The number of hydrogen-bond donors (Lipinski definition) is 0. The second-order valence-corrected chi connectivity index (χ2v) is 8.93. The monoisotopic (exact) mass is 238 g/mol. The van der Waals surface area contributed by atoms with Gasteiger partial charge in [0.05, 0.1) is 0 Å². The Balaban J connectivity index is 4.26. The lowest BCUT2D eigenvalue weighted by atomic mass is 10.2. The van der Waals surface area contributed by atoms with Gasteiger partial charge >= 0.3 is 0 Å². The molecule has 0 spiro atoms. The molecule has 0 N–H and O–H groups in total. The first-order chi connectivity index (χ1) is 7.45. The number of allylic oxidation sites excluding steroid dienone is 1. The molecule has 0 aromatic heterocycles. The summed E-state index contributed by atoms with van der Waals surface area (Å²) in [5, 5.41) is 2.98. The first-order valence-electron chi connectivity index (χ1n) is 7.13. The third-order valence-electron chi connectivity index (χ3n) is 2.99. The lowest BCUT2D eigenvalue weighted by molar-refractivity contribution is 0.693. The van der Waals surface area contributed by atoms with Gasteiger partial charge in [-0.05, 0) is 19.8 Å². The van der Waals surface area contributed by atoms with E-state index in [9.17, 15) is 0 Å². The molecular formula is C15H31Al. The van der Waals surface area contributed by atoms with E-state index in [4.69, 9.17) is 0 Å². The van der Waals surface area contributed by atoms with Crippen molar-refractivity contribution >= 4 is 14.1 Å². The minimum Gasteiger partial charge on any atom is -0.145 e. The van der Waals surface area contributed by atoms with Gasteiger partial charge in [0.25, 0.3) is 14.1 Å². The summed E-state index contributed by atoms with van der Waals surface area (Å²) in [5.41, 5.74) is 1.67. The van der Waals surface area contributed by atoms with Gasteiger partial charge in [-0.15, -0.1) is 4.94 Å². The van der Waals surface area contributed by atoms with Crippen LogP contribution < -0.4 is 0 Å². The van der Waals surface area contributed by atoms with Gasteiger partial charge in [-0.3, -0.25) is 0 Å². The van der Waals surface area contributed by atoms with Crippen LogP contribution in [0, 0.1) is 11.8 Å². The predicted molar refractivity (Wildman–Crippen MR) is 78.3 cm³/mol. The van der Waals surface area contributed by atoms with Crippen LogP contribution in [0.1, 0.15) is 60.8 Å². The van der Waals surface area contributed by atoms with Gasteiger partial charge in [-0.25, -0.2) is 0 Å². The lowest BCUT2D eigenvalue weighted by Crippen LogP contribution is -2.15.